The maximum Gasteiger partial charge on any atom is 0.306 e. The number of carboxylic acid groups (broad SMARTS) is 1. The predicted molar refractivity (Wildman–Crippen MR) is 107 cm³/mol. The lowest BCUT2D eigenvalue weighted by Crippen LogP contribution is -2.23. The van der Waals surface area contributed by atoms with Crippen molar-refractivity contribution >= 4 is 17.1 Å². The van der Waals surface area contributed by atoms with Gasteiger partial charge in [0.15, 0.2) is 11.2 Å². The van der Waals surface area contributed by atoms with Crippen LogP contribution in [-0.4, -0.2) is 30.6 Å². The first-order valence-electron chi connectivity index (χ1n) is 10.0. The van der Waals surface area contributed by atoms with E-state index in [0.29, 0.717) is 42.1 Å². The summed E-state index contributed by atoms with van der Waals surface area (Å²) >= 11 is 0. The van der Waals surface area contributed by atoms with Gasteiger partial charge in [-0.1, -0.05) is 25.1 Å². The van der Waals surface area contributed by atoms with Crippen LogP contribution in [0.4, 0.5) is 0 Å². The number of aromatic nitrogens is 4. The molecule has 8 nitrogen and oxygen atoms in total. The second-order valence-electron chi connectivity index (χ2n) is 7.47. The van der Waals surface area contributed by atoms with Gasteiger partial charge in [0.1, 0.15) is 11.6 Å². The number of para-hydroxylation sites is 1. The zero-order valence-corrected chi connectivity index (χ0v) is 16.3. The molecule has 1 aromatic carbocycles. The van der Waals surface area contributed by atoms with Crippen LogP contribution in [0.25, 0.3) is 11.2 Å². The lowest BCUT2D eigenvalue weighted by atomic mass is 9.82. The molecule has 1 saturated carbocycles. The van der Waals surface area contributed by atoms with Crippen molar-refractivity contribution in [3.63, 3.8) is 0 Å². The number of hydrogen-bond acceptors (Lipinski definition) is 5. The van der Waals surface area contributed by atoms with Gasteiger partial charge in [-0.15, -0.1) is 0 Å². The van der Waals surface area contributed by atoms with Crippen molar-refractivity contribution in [2.45, 2.75) is 51.5 Å². The molecular weight excluding hydrogens is 372 g/mol. The maximum absolute atomic E-state index is 13.1. The number of nitrogens with zero attached hydrogens (tertiary/aromatic N) is 3. The highest BCUT2D eigenvalue weighted by Crippen LogP contribution is 2.35. The molecule has 0 unspecified atom stereocenters. The number of H-pyrrole nitrogens is 1. The number of imidazole rings is 1. The summed E-state index contributed by atoms with van der Waals surface area (Å²) in [5.74, 6) is 0.387. The molecule has 0 aliphatic heterocycles. The summed E-state index contributed by atoms with van der Waals surface area (Å²) in [6, 6.07) is 9.45. The van der Waals surface area contributed by atoms with Gasteiger partial charge < -0.3 is 14.8 Å². The molecule has 8 heteroatoms. The molecule has 29 heavy (non-hydrogen) atoms. The van der Waals surface area contributed by atoms with Gasteiger partial charge in [-0.05, 0) is 44.2 Å². The van der Waals surface area contributed by atoms with E-state index >= 15 is 0 Å². The number of ether oxygens (including phenoxy) is 1. The van der Waals surface area contributed by atoms with Gasteiger partial charge in [0.25, 0.3) is 5.56 Å². The Morgan fingerprint density at radius 1 is 1.21 bits per heavy atom. The Bertz CT molecular complexity index is 1070. The molecule has 0 atom stereocenters. The summed E-state index contributed by atoms with van der Waals surface area (Å²) in [5.41, 5.74) is 0.499. The third-order valence-corrected chi connectivity index (χ3v) is 5.46. The number of nitrogens with one attached hydrogen (secondary N) is 1. The third-order valence-electron chi connectivity index (χ3n) is 5.46. The highest BCUT2D eigenvalue weighted by atomic mass is 16.5. The van der Waals surface area contributed by atoms with Gasteiger partial charge in [-0.25, -0.2) is 4.98 Å². The first kappa shape index (κ1) is 19.2. The SMILES string of the molecule is CCCn1c(Oc2ccccc2)nc2nc(C3CCC(C(=O)O)CC3)[nH]c2c1=O. The zero-order valence-electron chi connectivity index (χ0n) is 16.3. The second-order valence-corrected chi connectivity index (χ2v) is 7.47. The van der Waals surface area contributed by atoms with Crippen LogP contribution in [-0.2, 0) is 11.3 Å². The third kappa shape index (κ3) is 3.87. The van der Waals surface area contributed by atoms with E-state index in [1.807, 2.05) is 37.3 Å². The summed E-state index contributed by atoms with van der Waals surface area (Å²) < 4.78 is 7.41. The molecule has 2 N–H and O–H groups in total. The Hall–Kier alpha value is -3.16. The zero-order chi connectivity index (χ0) is 20.4. The van der Waals surface area contributed by atoms with E-state index in [4.69, 9.17) is 4.74 Å². The first-order chi connectivity index (χ1) is 14.1. The van der Waals surface area contributed by atoms with E-state index in [9.17, 15) is 14.7 Å². The number of fused-ring (bicyclic) bond motifs is 1. The Labute approximate surface area is 167 Å². The van der Waals surface area contributed by atoms with Crippen LogP contribution in [0, 0.1) is 5.92 Å². The van der Waals surface area contributed by atoms with E-state index < -0.39 is 5.97 Å². The number of rotatable bonds is 6. The number of carboxylic acids is 1. The fourth-order valence-corrected chi connectivity index (χ4v) is 3.88. The van der Waals surface area contributed by atoms with Crippen LogP contribution in [0.5, 0.6) is 11.8 Å². The van der Waals surface area contributed by atoms with Gasteiger partial charge in [0.05, 0.1) is 5.92 Å². The smallest absolute Gasteiger partial charge is 0.306 e. The monoisotopic (exact) mass is 396 g/mol. The molecule has 0 saturated heterocycles. The van der Waals surface area contributed by atoms with E-state index in [1.54, 1.807) is 0 Å². The number of benzene rings is 1. The molecule has 2 heterocycles. The largest absolute Gasteiger partial charge is 0.481 e. The Kier molecular flexibility index (Phi) is 5.33. The minimum Gasteiger partial charge on any atom is -0.481 e. The van der Waals surface area contributed by atoms with Crippen molar-refractivity contribution in [1.82, 2.24) is 19.5 Å². The Balaban J connectivity index is 1.68. The van der Waals surface area contributed by atoms with Crippen molar-refractivity contribution in [2.75, 3.05) is 0 Å². The normalized spacial score (nSPS) is 19.3. The summed E-state index contributed by atoms with van der Waals surface area (Å²) in [7, 11) is 0. The predicted octanol–water partition coefficient (Wildman–Crippen LogP) is 3.68. The minimum atomic E-state index is -0.736. The van der Waals surface area contributed by atoms with Gasteiger partial charge >= 0.3 is 12.0 Å². The van der Waals surface area contributed by atoms with Crippen LogP contribution >= 0.6 is 0 Å². The van der Waals surface area contributed by atoms with E-state index in [-0.39, 0.29) is 23.4 Å². The number of carbonyl (C=O) groups is 1. The van der Waals surface area contributed by atoms with Gasteiger partial charge in [0, 0.05) is 12.5 Å². The van der Waals surface area contributed by atoms with Crippen LogP contribution in [0.1, 0.15) is 50.8 Å². The minimum absolute atomic E-state index is 0.109. The van der Waals surface area contributed by atoms with Crippen molar-refractivity contribution in [2.24, 2.45) is 5.92 Å². The van der Waals surface area contributed by atoms with Crippen LogP contribution < -0.4 is 10.3 Å². The van der Waals surface area contributed by atoms with Crippen LogP contribution in [0.3, 0.4) is 0 Å². The van der Waals surface area contributed by atoms with E-state index in [1.165, 1.54) is 4.57 Å². The van der Waals surface area contributed by atoms with Crippen LogP contribution in [0.15, 0.2) is 35.1 Å². The fraction of sp³-hybridized carbons (Fsp3) is 0.429. The lowest BCUT2D eigenvalue weighted by molar-refractivity contribution is -0.142. The summed E-state index contributed by atoms with van der Waals surface area (Å²) in [4.78, 5) is 36.5. The standard InChI is InChI=1S/C21H24N4O4/c1-2-12-25-19(26)16-18(24-21(25)29-15-6-4-3-5-7-15)23-17(22-16)13-8-10-14(11-9-13)20(27)28/h3-7,13-14H,2,8-12H2,1H3,(H,22,23)(H,27,28). The fourth-order valence-electron chi connectivity index (χ4n) is 3.88. The molecule has 152 valence electrons. The summed E-state index contributed by atoms with van der Waals surface area (Å²) in [6.07, 6.45) is 3.46. The van der Waals surface area contributed by atoms with Crippen molar-refractivity contribution in [3.8, 4) is 11.8 Å². The van der Waals surface area contributed by atoms with Crippen molar-refractivity contribution in [3.05, 3.63) is 46.5 Å². The molecule has 0 amide bonds. The van der Waals surface area contributed by atoms with E-state index in [0.717, 1.165) is 19.3 Å². The van der Waals surface area contributed by atoms with Crippen molar-refractivity contribution in [1.29, 1.82) is 0 Å². The highest BCUT2D eigenvalue weighted by Gasteiger charge is 2.29. The molecule has 1 aliphatic carbocycles. The van der Waals surface area contributed by atoms with E-state index in [2.05, 4.69) is 15.0 Å². The molecule has 1 aliphatic rings. The number of aromatic amines is 1. The van der Waals surface area contributed by atoms with Gasteiger partial charge in [0.2, 0.25) is 0 Å². The molecule has 0 radical (unpaired) electrons. The topological polar surface area (TPSA) is 110 Å². The Morgan fingerprint density at radius 2 is 1.93 bits per heavy atom. The second kappa shape index (κ2) is 8.06. The summed E-state index contributed by atoms with van der Waals surface area (Å²) in [5, 5.41) is 9.19. The molecule has 0 bridgehead atoms. The molecule has 4 rings (SSSR count). The molecule has 0 spiro atoms. The van der Waals surface area contributed by atoms with Gasteiger partial charge in [-0.2, -0.15) is 4.98 Å². The molecule has 2 aromatic heterocycles. The van der Waals surface area contributed by atoms with Crippen LogP contribution in [0.2, 0.25) is 0 Å². The molecular formula is C21H24N4O4. The maximum atomic E-state index is 13.1. The number of aliphatic carboxylic acids is 1. The average Bonchev–Trinajstić information content (AvgIpc) is 3.16. The Morgan fingerprint density at radius 3 is 2.59 bits per heavy atom. The average molecular weight is 396 g/mol. The molecule has 1 fully saturated rings. The van der Waals surface area contributed by atoms with Gasteiger partial charge in [-0.3, -0.25) is 14.2 Å². The molecule has 3 aromatic rings. The lowest BCUT2D eigenvalue weighted by Gasteiger charge is -2.24. The summed E-state index contributed by atoms with van der Waals surface area (Å²) in [6.45, 7) is 2.48. The number of hydrogen-bond donors (Lipinski definition) is 2. The van der Waals surface area contributed by atoms with Crippen molar-refractivity contribution < 1.29 is 14.6 Å². The highest BCUT2D eigenvalue weighted by molar-refractivity contribution is 5.71. The first-order valence-corrected chi connectivity index (χ1v) is 10.0. The quantitative estimate of drug-likeness (QED) is 0.658.